The first kappa shape index (κ1) is 12.6. The van der Waals surface area contributed by atoms with Crippen molar-refractivity contribution in [3.63, 3.8) is 0 Å². The lowest BCUT2D eigenvalue weighted by Gasteiger charge is -2.20. The van der Waals surface area contributed by atoms with Crippen LogP contribution in [-0.2, 0) is 6.42 Å². The molecule has 2 amide bonds. The molecule has 0 spiro atoms. The van der Waals surface area contributed by atoms with Crippen molar-refractivity contribution in [3.8, 4) is 0 Å². The van der Waals surface area contributed by atoms with Gasteiger partial charge in [0, 0.05) is 6.54 Å². The molecule has 1 atom stereocenters. The number of nitrogens with one attached hydrogen (secondary N) is 1. The molecule has 16 heavy (non-hydrogen) atoms. The van der Waals surface area contributed by atoms with Gasteiger partial charge in [-0.3, -0.25) is 0 Å². The maximum atomic E-state index is 10.7. The third-order valence-corrected chi connectivity index (χ3v) is 2.82. The van der Waals surface area contributed by atoms with Crippen molar-refractivity contribution in [2.45, 2.75) is 20.3 Å². The van der Waals surface area contributed by atoms with Gasteiger partial charge in [-0.1, -0.05) is 44.2 Å². The van der Waals surface area contributed by atoms with Crippen LogP contribution in [0.2, 0.25) is 0 Å². The van der Waals surface area contributed by atoms with E-state index in [0.29, 0.717) is 18.4 Å². The van der Waals surface area contributed by atoms with E-state index >= 15 is 0 Å². The molecule has 0 aliphatic heterocycles. The number of hydrogen-bond donors (Lipinski definition) is 2. The Balaban J connectivity index is 2.54. The Morgan fingerprint density at radius 3 is 2.44 bits per heavy atom. The van der Waals surface area contributed by atoms with E-state index in [0.717, 1.165) is 6.42 Å². The Bertz CT molecular complexity index is 322. The van der Waals surface area contributed by atoms with Gasteiger partial charge >= 0.3 is 6.03 Å². The van der Waals surface area contributed by atoms with E-state index in [2.05, 4.69) is 31.3 Å². The molecule has 1 aromatic carbocycles. The maximum Gasteiger partial charge on any atom is 0.312 e. The molecular formula is C13H20N2O. The summed E-state index contributed by atoms with van der Waals surface area (Å²) < 4.78 is 0. The molecule has 0 saturated heterocycles. The summed E-state index contributed by atoms with van der Waals surface area (Å²) in [6.07, 6.45) is 0.971. The van der Waals surface area contributed by atoms with Gasteiger partial charge in [-0.15, -0.1) is 0 Å². The molecule has 3 heteroatoms. The van der Waals surface area contributed by atoms with E-state index in [4.69, 9.17) is 5.73 Å². The normalized spacial score (nSPS) is 12.4. The zero-order chi connectivity index (χ0) is 12.0. The standard InChI is InChI=1S/C13H20N2O/c1-10(2)12(9-15-13(14)16)8-11-6-4-3-5-7-11/h3-7,10,12H,8-9H2,1-2H3,(H3,14,15,16)/t12-/m0/s1. The number of carbonyl (C=O) groups is 1. The van der Waals surface area contributed by atoms with E-state index < -0.39 is 6.03 Å². The summed E-state index contributed by atoms with van der Waals surface area (Å²) >= 11 is 0. The van der Waals surface area contributed by atoms with Crippen molar-refractivity contribution in [2.24, 2.45) is 17.6 Å². The van der Waals surface area contributed by atoms with Crippen molar-refractivity contribution < 1.29 is 4.79 Å². The fourth-order valence-corrected chi connectivity index (χ4v) is 1.69. The van der Waals surface area contributed by atoms with Crippen LogP contribution >= 0.6 is 0 Å². The van der Waals surface area contributed by atoms with Gasteiger partial charge in [0.25, 0.3) is 0 Å². The zero-order valence-corrected chi connectivity index (χ0v) is 9.94. The summed E-state index contributed by atoms with van der Waals surface area (Å²) in [5, 5.41) is 2.69. The number of nitrogens with two attached hydrogens (primary N) is 1. The minimum absolute atomic E-state index is 0.426. The molecule has 0 aliphatic rings. The van der Waals surface area contributed by atoms with Crippen molar-refractivity contribution >= 4 is 6.03 Å². The van der Waals surface area contributed by atoms with E-state index in [-0.39, 0.29) is 0 Å². The largest absolute Gasteiger partial charge is 0.352 e. The van der Waals surface area contributed by atoms with Crippen LogP contribution < -0.4 is 11.1 Å². The SMILES string of the molecule is CC(C)[C@H](CNC(N)=O)Cc1ccccc1. The molecular weight excluding hydrogens is 200 g/mol. The van der Waals surface area contributed by atoms with Crippen LogP contribution in [0.3, 0.4) is 0 Å². The number of urea groups is 1. The molecule has 1 rings (SSSR count). The van der Waals surface area contributed by atoms with Crippen LogP contribution in [0.15, 0.2) is 30.3 Å². The number of benzene rings is 1. The minimum atomic E-state index is -0.446. The van der Waals surface area contributed by atoms with Gasteiger partial charge in [0.05, 0.1) is 0 Å². The summed E-state index contributed by atoms with van der Waals surface area (Å²) in [7, 11) is 0. The van der Waals surface area contributed by atoms with Gasteiger partial charge in [0.15, 0.2) is 0 Å². The molecule has 0 heterocycles. The Hall–Kier alpha value is -1.51. The summed E-state index contributed by atoms with van der Waals surface area (Å²) in [4.78, 5) is 10.7. The van der Waals surface area contributed by atoms with Crippen LogP contribution in [0.1, 0.15) is 19.4 Å². The van der Waals surface area contributed by atoms with Gasteiger partial charge in [-0.25, -0.2) is 4.79 Å². The number of rotatable bonds is 5. The first-order chi connectivity index (χ1) is 7.59. The highest BCUT2D eigenvalue weighted by Gasteiger charge is 2.14. The van der Waals surface area contributed by atoms with E-state index in [9.17, 15) is 4.79 Å². The van der Waals surface area contributed by atoms with Crippen LogP contribution in [0.4, 0.5) is 4.79 Å². The highest BCUT2D eigenvalue weighted by molar-refractivity contribution is 5.71. The van der Waals surface area contributed by atoms with Crippen molar-refractivity contribution in [2.75, 3.05) is 6.54 Å². The number of amides is 2. The monoisotopic (exact) mass is 220 g/mol. The topological polar surface area (TPSA) is 55.1 Å². The van der Waals surface area contributed by atoms with Crippen molar-refractivity contribution in [3.05, 3.63) is 35.9 Å². The molecule has 0 fully saturated rings. The maximum absolute atomic E-state index is 10.7. The van der Waals surface area contributed by atoms with Gasteiger partial charge < -0.3 is 11.1 Å². The summed E-state index contributed by atoms with van der Waals surface area (Å²) in [5.41, 5.74) is 6.38. The Morgan fingerprint density at radius 1 is 1.31 bits per heavy atom. The summed E-state index contributed by atoms with van der Waals surface area (Å²) in [6, 6.07) is 9.86. The molecule has 0 saturated carbocycles. The first-order valence-electron chi connectivity index (χ1n) is 5.67. The third-order valence-electron chi connectivity index (χ3n) is 2.82. The fourth-order valence-electron chi connectivity index (χ4n) is 1.69. The number of primary amides is 1. The molecule has 0 aromatic heterocycles. The highest BCUT2D eigenvalue weighted by Crippen LogP contribution is 2.16. The summed E-state index contributed by atoms with van der Waals surface area (Å²) in [6.45, 7) is 4.97. The van der Waals surface area contributed by atoms with Gasteiger partial charge in [0.2, 0.25) is 0 Å². The second-order valence-electron chi connectivity index (χ2n) is 4.44. The zero-order valence-electron chi connectivity index (χ0n) is 9.94. The quantitative estimate of drug-likeness (QED) is 0.785. The lowest BCUT2D eigenvalue weighted by Crippen LogP contribution is -2.35. The van der Waals surface area contributed by atoms with Crippen LogP contribution in [0.5, 0.6) is 0 Å². The average Bonchev–Trinajstić information content (AvgIpc) is 2.25. The third kappa shape index (κ3) is 4.34. The van der Waals surface area contributed by atoms with Crippen molar-refractivity contribution in [1.29, 1.82) is 0 Å². The minimum Gasteiger partial charge on any atom is -0.352 e. The molecule has 0 unspecified atom stereocenters. The Morgan fingerprint density at radius 2 is 1.94 bits per heavy atom. The number of hydrogen-bond acceptors (Lipinski definition) is 1. The highest BCUT2D eigenvalue weighted by atomic mass is 16.2. The van der Waals surface area contributed by atoms with Crippen LogP contribution in [0.25, 0.3) is 0 Å². The molecule has 0 radical (unpaired) electrons. The molecule has 0 aliphatic carbocycles. The van der Waals surface area contributed by atoms with Gasteiger partial charge in [-0.2, -0.15) is 0 Å². The average molecular weight is 220 g/mol. The Kier molecular flexibility index (Phi) is 4.83. The van der Waals surface area contributed by atoms with Crippen LogP contribution in [-0.4, -0.2) is 12.6 Å². The van der Waals surface area contributed by atoms with Crippen molar-refractivity contribution in [1.82, 2.24) is 5.32 Å². The predicted octanol–water partition coefficient (Wildman–Crippen LogP) is 2.17. The van der Waals surface area contributed by atoms with Crippen LogP contribution in [0, 0.1) is 11.8 Å². The molecule has 3 nitrogen and oxygen atoms in total. The van der Waals surface area contributed by atoms with E-state index in [1.807, 2.05) is 18.2 Å². The second kappa shape index (κ2) is 6.16. The lowest BCUT2D eigenvalue weighted by molar-refractivity contribution is 0.244. The Labute approximate surface area is 97.0 Å². The first-order valence-corrected chi connectivity index (χ1v) is 5.67. The summed E-state index contributed by atoms with van der Waals surface area (Å²) in [5.74, 6) is 0.946. The molecule has 88 valence electrons. The molecule has 3 N–H and O–H groups in total. The van der Waals surface area contributed by atoms with Gasteiger partial charge in [0.1, 0.15) is 0 Å². The van der Waals surface area contributed by atoms with E-state index in [1.165, 1.54) is 5.56 Å². The van der Waals surface area contributed by atoms with Gasteiger partial charge in [-0.05, 0) is 23.8 Å². The smallest absolute Gasteiger partial charge is 0.312 e. The second-order valence-corrected chi connectivity index (χ2v) is 4.44. The molecule has 0 bridgehead atoms. The van der Waals surface area contributed by atoms with E-state index in [1.54, 1.807) is 0 Å². The fraction of sp³-hybridized carbons (Fsp3) is 0.462. The molecule has 1 aromatic rings. The predicted molar refractivity (Wildman–Crippen MR) is 66.1 cm³/mol. The lowest BCUT2D eigenvalue weighted by atomic mass is 9.89. The number of carbonyl (C=O) groups excluding carboxylic acids is 1.